The van der Waals surface area contributed by atoms with Gasteiger partial charge in [0.25, 0.3) is 5.91 Å². The van der Waals surface area contributed by atoms with E-state index in [0.717, 1.165) is 31.5 Å². The van der Waals surface area contributed by atoms with Crippen LogP contribution in [0.3, 0.4) is 0 Å². The molecule has 0 spiro atoms. The van der Waals surface area contributed by atoms with Crippen LogP contribution in [0.1, 0.15) is 42.6 Å². The summed E-state index contributed by atoms with van der Waals surface area (Å²) in [6, 6.07) is 5.80. The molecule has 1 heterocycles. The molecule has 0 radical (unpaired) electrons. The van der Waals surface area contributed by atoms with Gasteiger partial charge in [0.1, 0.15) is 0 Å². The third-order valence-electron chi connectivity index (χ3n) is 3.86. The molecule has 1 aliphatic heterocycles. The summed E-state index contributed by atoms with van der Waals surface area (Å²) in [6.07, 6.45) is 2.91. The van der Waals surface area contributed by atoms with Crippen molar-refractivity contribution in [2.24, 2.45) is 5.92 Å². The van der Waals surface area contributed by atoms with Crippen LogP contribution in [-0.2, 0) is 11.2 Å². The first-order valence-corrected chi connectivity index (χ1v) is 7.31. The molecule has 3 rings (SSSR count). The molecule has 2 amide bonds. The van der Waals surface area contributed by atoms with Crippen molar-refractivity contribution in [1.82, 2.24) is 5.32 Å². The number of rotatable bonds is 3. The van der Waals surface area contributed by atoms with E-state index in [2.05, 4.69) is 5.32 Å². The second-order valence-electron chi connectivity index (χ2n) is 5.99. The first-order valence-electron chi connectivity index (χ1n) is 7.31. The van der Waals surface area contributed by atoms with Gasteiger partial charge in [-0.2, -0.15) is 0 Å². The highest BCUT2D eigenvalue weighted by Gasteiger charge is 2.36. The van der Waals surface area contributed by atoms with Gasteiger partial charge >= 0.3 is 0 Å². The zero-order valence-corrected chi connectivity index (χ0v) is 12.0. The minimum absolute atomic E-state index is 0.0754. The van der Waals surface area contributed by atoms with Crippen LogP contribution in [0, 0.1) is 5.92 Å². The molecule has 0 unspecified atom stereocenters. The normalized spacial score (nSPS) is 17.2. The second-order valence-corrected chi connectivity index (χ2v) is 5.99. The Morgan fingerprint density at radius 3 is 2.70 bits per heavy atom. The first kappa shape index (κ1) is 13.2. The van der Waals surface area contributed by atoms with E-state index in [1.54, 1.807) is 0 Å². The van der Waals surface area contributed by atoms with E-state index in [1.807, 2.05) is 36.9 Å². The molecule has 1 saturated carbocycles. The van der Waals surface area contributed by atoms with Crippen molar-refractivity contribution in [3.05, 3.63) is 29.3 Å². The number of carbonyl (C=O) groups is 2. The lowest BCUT2D eigenvalue weighted by atomic mass is 10.1. The van der Waals surface area contributed by atoms with Crippen LogP contribution in [-0.4, -0.2) is 24.4 Å². The van der Waals surface area contributed by atoms with Crippen molar-refractivity contribution in [2.75, 3.05) is 11.4 Å². The Morgan fingerprint density at radius 2 is 2.05 bits per heavy atom. The average molecular weight is 272 g/mol. The summed E-state index contributed by atoms with van der Waals surface area (Å²) in [5, 5.41) is 2.89. The van der Waals surface area contributed by atoms with Gasteiger partial charge in [-0.3, -0.25) is 9.59 Å². The van der Waals surface area contributed by atoms with Gasteiger partial charge in [-0.05, 0) is 50.8 Å². The van der Waals surface area contributed by atoms with Crippen molar-refractivity contribution in [2.45, 2.75) is 39.2 Å². The highest BCUT2D eigenvalue weighted by Crippen LogP contribution is 2.36. The largest absolute Gasteiger partial charge is 0.350 e. The molecule has 0 aromatic heterocycles. The average Bonchev–Trinajstić information content (AvgIpc) is 3.16. The van der Waals surface area contributed by atoms with Gasteiger partial charge in [-0.1, -0.05) is 6.07 Å². The lowest BCUT2D eigenvalue weighted by Gasteiger charge is -2.18. The quantitative estimate of drug-likeness (QED) is 0.916. The lowest BCUT2D eigenvalue weighted by molar-refractivity contribution is -0.119. The van der Waals surface area contributed by atoms with Crippen LogP contribution in [0.25, 0.3) is 0 Å². The molecule has 1 aliphatic carbocycles. The number of nitrogens with one attached hydrogen (secondary N) is 1. The van der Waals surface area contributed by atoms with Crippen molar-refractivity contribution in [3.63, 3.8) is 0 Å². The first-order chi connectivity index (χ1) is 9.56. The zero-order valence-electron chi connectivity index (χ0n) is 12.0. The molecule has 106 valence electrons. The van der Waals surface area contributed by atoms with Gasteiger partial charge in [0.2, 0.25) is 5.91 Å². The smallest absolute Gasteiger partial charge is 0.251 e. The van der Waals surface area contributed by atoms with E-state index in [-0.39, 0.29) is 23.8 Å². The van der Waals surface area contributed by atoms with Crippen molar-refractivity contribution < 1.29 is 9.59 Å². The van der Waals surface area contributed by atoms with Crippen molar-refractivity contribution in [3.8, 4) is 0 Å². The predicted molar refractivity (Wildman–Crippen MR) is 77.8 cm³/mol. The highest BCUT2D eigenvalue weighted by atomic mass is 16.2. The summed E-state index contributed by atoms with van der Waals surface area (Å²) in [4.78, 5) is 26.2. The number of benzene rings is 1. The van der Waals surface area contributed by atoms with Crippen LogP contribution in [0.5, 0.6) is 0 Å². The van der Waals surface area contributed by atoms with Crippen LogP contribution in [0.4, 0.5) is 5.69 Å². The van der Waals surface area contributed by atoms with Gasteiger partial charge < -0.3 is 10.2 Å². The number of hydrogen-bond acceptors (Lipinski definition) is 2. The molecule has 0 saturated heterocycles. The van der Waals surface area contributed by atoms with E-state index in [9.17, 15) is 9.59 Å². The number of nitrogens with zero attached hydrogens (tertiary/aromatic N) is 1. The minimum Gasteiger partial charge on any atom is -0.350 e. The Kier molecular flexibility index (Phi) is 3.24. The number of fused-ring (bicyclic) bond motifs is 1. The predicted octanol–water partition coefficient (Wildman–Crippen LogP) is 2.12. The minimum atomic E-state index is -0.0754. The maximum atomic E-state index is 12.3. The monoisotopic (exact) mass is 272 g/mol. The molecule has 20 heavy (non-hydrogen) atoms. The Balaban J connectivity index is 1.85. The second kappa shape index (κ2) is 4.93. The maximum Gasteiger partial charge on any atom is 0.251 e. The number of hydrogen-bond donors (Lipinski definition) is 1. The molecule has 1 aromatic carbocycles. The van der Waals surface area contributed by atoms with Gasteiger partial charge in [0.05, 0.1) is 0 Å². The number of anilines is 1. The molecule has 1 aromatic rings. The molecule has 4 nitrogen and oxygen atoms in total. The molecule has 4 heteroatoms. The van der Waals surface area contributed by atoms with Gasteiger partial charge in [-0.15, -0.1) is 0 Å². The van der Waals surface area contributed by atoms with Crippen LogP contribution >= 0.6 is 0 Å². The fraction of sp³-hybridized carbons (Fsp3) is 0.500. The standard InChI is InChI=1S/C16H20N2O2/c1-10(2)17-15(19)13-6-3-11-7-8-18(14(11)9-13)16(20)12-4-5-12/h3,6,9-10,12H,4-5,7-8H2,1-2H3,(H,17,19). The van der Waals surface area contributed by atoms with E-state index < -0.39 is 0 Å². The van der Waals surface area contributed by atoms with Gasteiger partial charge in [0, 0.05) is 29.8 Å². The summed E-state index contributed by atoms with van der Waals surface area (Å²) < 4.78 is 0. The van der Waals surface area contributed by atoms with E-state index >= 15 is 0 Å². The third kappa shape index (κ3) is 2.42. The Labute approximate surface area is 119 Å². The lowest BCUT2D eigenvalue weighted by Crippen LogP contribution is -2.31. The zero-order chi connectivity index (χ0) is 14.3. The topological polar surface area (TPSA) is 49.4 Å². The van der Waals surface area contributed by atoms with Crippen molar-refractivity contribution >= 4 is 17.5 Å². The molecular weight excluding hydrogens is 252 g/mol. The Morgan fingerprint density at radius 1 is 1.30 bits per heavy atom. The Bertz CT molecular complexity index is 562. The van der Waals surface area contributed by atoms with E-state index in [4.69, 9.17) is 0 Å². The summed E-state index contributed by atoms with van der Waals surface area (Å²) in [5.74, 6) is 0.368. The van der Waals surface area contributed by atoms with E-state index in [1.165, 1.54) is 5.56 Å². The molecule has 0 atom stereocenters. The molecule has 0 bridgehead atoms. The fourth-order valence-electron chi connectivity index (χ4n) is 2.65. The third-order valence-corrected chi connectivity index (χ3v) is 3.86. The number of carbonyl (C=O) groups excluding carboxylic acids is 2. The summed E-state index contributed by atoms with van der Waals surface area (Å²) in [7, 11) is 0. The van der Waals surface area contributed by atoms with E-state index in [0.29, 0.717) is 5.56 Å². The van der Waals surface area contributed by atoms with Crippen LogP contribution < -0.4 is 10.2 Å². The summed E-state index contributed by atoms with van der Waals surface area (Å²) in [6.45, 7) is 4.63. The molecular formula is C16H20N2O2. The number of amides is 2. The summed E-state index contributed by atoms with van der Waals surface area (Å²) >= 11 is 0. The summed E-state index contributed by atoms with van der Waals surface area (Å²) in [5.41, 5.74) is 2.73. The Hall–Kier alpha value is -1.84. The molecule has 1 N–H and O–H groups in total. The van der Waals surface area contributed by atoms with Crippen molar-refractivity contribution in [1.29, 1.82) is 0 Å². The van der Waals surface area contributed by atoms with Crippen LogP contribution in [0.15, 0.2) is 18.2 Å². The maximum absolute atomic E-state index is 12.3. The highest BCUT2D eigenvalue weighted by molar-refractivity contribution is 6.01. The van der Waals surface area contributed by atoms with Gasteiger partial charge in [-0.25, -0.2) is 0 Å². The molecule has 2 aliphatic rings. The SMILES string of the molecule is CC(C)NC(=O)c1ccc2c(c1)N(C(=O)C1CC1)CC2. The molecule has 1 fully saturated rings. The van der Waals surface area contributed by atoms with Gasteiger partial charge in [0.15, 0.2) is 0 Å². The fourth-order valence-corrected chi connectivity index (χ4v) is 2.65. The van der Waals surface area contributed by atoms with Crippen LogP contribution in [0.2, 0.25) is 0 Å².